The van der Waals surface area contributed by atoms with Crippen LogP contribution in [0.15, 0.2) is 51.9 Å². The van der Waals surface area contributed by atoms with E-state index in [9.17, 15) is 9.59 Å². The summed E-state index contributed by atoms with van der Waals surface area (Å²) in [4.78, 5) is 28.7. The van der Waals surface area contributed by atoms with Gasteiger partial charge < -0.3 is 9.15 Å². The monoisotopic (exact) mass is 363 g/mol. The van der Waals surface area contributed by atoms with Crippen molar-refractivity contribution in [3.05, 3.63) is 75.5 Å². The number of hydrogen-bond donors (Lipinski definition) is 0. The number of ether oxygens (including phenoxy) is 1. The predicted molar refractivity (Wildman–Crippen MR) is 98.7 cm³/mol. The Morgan fingerprint density at radius 3 is 2.96 bits per heavy atom. The van der Waals surface area contributed by atoms with Crippen LogP contribution < -0.4 is 5.63 Å². The van der Waals surface area contributed by atoms with E-state index in [4.69, 9.17) is 9.15 Å². The van der Waals surface area contributed by atoms with E-state index in [1.165, 1.54) is 10.6 Å². The molecule has 0 aliphatic rings. The molecular formula is C20H17N3O4. The Morgan fingerprint density at radius 2 is 2.15 bits per heavy atom. The fraction of sp³-hybridized carbons (Fsp3) is 0.200. The lowest BCUT2D eigenvalue weighted by molar-refractivity contribution is 0.0475. The van der Waals surface area contributed by atoms with E-state index in [1.54, 1.807) is 25.4 Å². The number of benzene rings is 1. The van der Waals surface area contributed by atoms with E-state index in [2.05, 4.69) is 10.1 Å². The third kappa shape index (κ3) is 3.08. The summed E-state index contributed by atoms with van der Waals surface area (Å²) < 4.78 is 12.3. The molecule has 7 heteroatoms. The molecule has 7 nitrogen and oxygen atoms in total. The molecular weight excluding hydrogens is 346 g/mol. The molecule has 0 N–H and O–H groups in total. The Labute approximate surface area is 154 Å². The number of fused-ring (bicyclic) bond motifs is 2. The smallest absolute Gasteiger partial charge is 0.344 e. The summed E-state index contributed by atoms with van der Waals surface area (Å²) in [6, 6.07) is 8.76. The van der Waals surface area contributed by atoms with Crippen LogP contribution in [0.3, 0.4) is 0 Å². The molecule has 0 atom stereocenters. The second kappa shape index (κ2) is 6.68. The Balaban J connectivity index is 1.66. The zero-order chi connectivity index (χ0) is 19.0. The molecule has 3 aromatic heterocycles. The minimum Gasteiger partial charge on any atom is -0.457 e. The van der Waals surface area contributed by atoms with Crippen LogP contribution in [0.1, 0.15) is 34.1 Å². The average molecular weight is 363 g/mol. The molecule has 27 heavy (non-hydrogen) atoms. The molecule has 0 amide bonds. The Morgan fingerprint density at radius 1 is 1.30 bits per heavy atom. The van der Waals surface area contributed by atoms with Crippen LogP contribution in [0.25, 0.3) is 16.6 Å². The van der Waals surface area contributed by atoms with Crippen molar-refractivity contribution in [3.8, 4) is 0 Å². The number of nitrogens with zero attached hydrogens (tertiary/aromatic N) is 3. The van der Waals surface area contributed by atoms with Gasteiger partial charge in [0.15, 0.2) is 5.65 Å². The lowest BCUT2D eigenvalue weighted by Gasteiger charge is -2.08. The van der Waals surface area contributed by atoms with E-state index in [-0.39, 0.29) is 6.61 Å². The van der Waals surface area contributed by atoms with Gasteiger partial charge >= 0.3 is 11.6 Å². The van der Waals surface area contributed by atoms with Gasteiger partial charge in [-0.1, -0.05) is 19.1 Å². The van der Waals surface area contributed by atoms with E-state index in [0.29, 0.717) is 28.1 Å². The standard InChI is InChI=1S/C20H17N3O4/c1-3-13-5-6-15-14(10-17(24)27-16(15)9-13)11-26-20(25)18-12(2)22-23-8-4-7-21-19(18)23/h4-10H,3,11H2,1-2H3. The van der Waals surface area contributed by atoms with Gasteiger partial charge in [-0.25, -0.2) is 19.1 Å². The molecule has 0 aliphatic heterocycles. The summed E-state index contributed by atoms with van der Waals surface area (Å²) in [7, 11) is 0. The summed E-state index contributed by atoms with van der Waals surface area (Å²) in [6.45, 7) is 3.71. The Kier molecular flexibility index (Phi) is 4.19. The lowest BCUT2D eigenvalue weighted by atomic mass is 10.1. The number of hydrogen-bond acceptors (Lipinski definition) is 6. The molecule has 0 aliphatic carbocycles. The molecule has 0 fully saturated rings. The van der Waals surface area contributed by atoms with Crippen LogP contribution in [0.4, 0.5) is 0 Å². The first-order valence-corrected chi connectivity index (χ1v) is 8.59. The van der Waals surface area contributed by atoms with Crippen molar-refractivity contribution < 1.29 is 13.9 Å². The summed E-state index contributed by atoms with van der Waals surface area (Å²) in [5.74, 6) is -0.534. The normalized spacial score (nSPS) is 11.2. The number of aryl methyl sites for hydroxylation is 2. The van der Waals surface area contributed by atoms with Crippen molar-refractivity contribution in [1.29, 1.82) is 0 Å². The van der Waals surface area contributed by atoms with Crippen LogP contribution >= 0.6 is 0 Å². The molecule has 0 saturated carbocycles. The van der Waals surface area contributed by atoms with Crippen molar-refractivity contribution in [2.75, 3.05) is 0 Å². The van der Waals surface area contributed by atoms with E-state index >= 15 is 0 Å². The zero-order valence-corrected chi connectivity index (χ0v) is 14.9. The van der Waals surface area contributed by atoms with E-state index in [1.807, 2.05) is 25.1 Å². The first-order valence-electron chi connectivity index (χ1n) is 8.59. The van der Waals surface area contributed by atoms with Crippen LogP contribution in [-0.2, 0) is 17.8 Å². The van der Waals surface area contributed by atoms with Gasteiger partial charge in [0.2, 0.25) is 0 Å². The summed E-state index contributed by atoms with van der Waals surface area (Å²) in [6.07, 6.45) is 4.14. The maximum absolute atomic E-state index is 12.6. The van der Waals surface area contributed by atoms with Crippen LogP contribution in [0, 0.1) is 6.92 Å². The third-order valence-corrected chi connectivity index (χ3v) is 4.44. The molecule has 136 valence electrons. The highest BCUT2D eigenvalue weighted by atomic mass is 16.5. The maximum atomic E-state index is 12.6. The first kappa shape index (κ1) is 17.0. The Bertz CT molecular complexity index is 1220. The van der Waals surface area contributed by atoms with Gasteiger partial charge in [0, 0.05) is 29.4 Å². The van der Waals surface area contributed by atoms with Crippen LogP contribution in [0.5, 0.6) is 0 Å². The highest BCUT2D eigenvalue weighted by Gasteiger charge is 2.20. The highest BCUT2D eigenvalue weighted by molar-refractivity contribution is 5.97. The molecule has 1 aromatic carbocycles. The minimum absolute atomic E-state index is 0.0456. The molecule has 4 rings (SSSR count). The number of rotatable bonds is 4. The SMILES string of the molecule is CCc1ccc2c(COC(=O)c3c(C)nn4cccnc34)cc(=O)oc2c1. The number of carbonyl (C=O) groups excluding carboxylic acids is 1. The maximum Gasteiger partial charge on any atom is 0.344 e. The van der Waals surface area contributed by atoms with Gasteiger partial charge in [0.05, 0.1) is 5.69 Å². The number of carbonyl (C=O) groups is 1. The highest BCUT2D eigenvalue weighted by Crippen LogP contribution is 2.21. The van der Waals surface area contributed by atoms with Crippen molar-refractivity contribution in [2.45, 2.75) is 26.9 Å². The average Bonchev–Trinajstić information content (AvgIpc) is 3.00. The van der Waals surface area contributed by atoms with Crippen molar-refractivity contribution in [3.63, 3.8) is 0 Å². The summed E-state index contributed by atoms with van der Waals surface area (Å²) >= 11 is 0. The van der Waals surface area contributed by atoms with Crippen LogP contribution in [-0.4, -0.2) is 20.6 Å². The fourth-order valence-electron chi connectivity index (χ4n) is 3.06. The zero-order valence-electron chi connectivity index (χ0n) is 14.9. The fourth-order valence-corrected chi connectivity index (χ4v) is 3.06. The summed E-state index contributed by atoms with van der Waals surface area (Å²) in [5, 5.41) is 5.01. The molecule has 4 aromatic rings. The largest absolute Gasteiger partial charge is 0.457 e. The van der Waals surface area contributed by atoms with E-state index in [0.717, 1.165) is 17.4 Å². The van der Waals surface area contributed by atoms with Gasteiger partial charge in [-0.05, 0) is 31.0 Å². The second-order valence-corrected chi connectivity index (χ2v) is 6.20. The van der Waals surface area contributed by atoms with Crippen molar-refractivity contribution >= 4 is 22.6 Å². The molecule has 3 heterocycles. The number of aromatic nitrogens is 3. The van der Waals surface area contributed by atoms with E-state index < -0.39 is 11.6 Å². The van der Waals surface area contributed by atoms with Gasteiger partial charge in [-0.2, -0.15) is 5.10 Å². The minimum atomic E-state index is -0.534. The number of esters is 1. The topological polar surface area (TPSA) is 86.7 Å². The predicted octanol–water partition coefficient (Wildman–Crippen LogP) is 3.06. The molecule has 0 spiro atoms. The quantitative estimate of drug-likeness (QED) is 0.409. The molecule has 0 radical (unpaired) electrons. The van der Waals surface area contributed by atoms with Gasteiger partial charge in [-0.3, -0.25) is 0 Å². The first-order chi connectivity index (χ1) is 13.1. The van der Waals surface area contributed by atoms with Gasteiger partial charge in [-0.15, -0.1) is 0 Å². The molecule has 0 saturated heterocycles. The lowest BCUT2D eigenvalue weighted by Crippen LogP contribution is -2.09. The van der Waals surface area contributed by atoms with Gasteiger partial charge in [0.25, 0.3) is 0 Å². The molecule has 0 bridgehead atoms. The Hall–Kier alpha value is -3.48. The van der Waals surface area contributed by atoms with Crippen LogP contribution in [0.2, 0.25) is 0 Å². The van der Waals surface area contributed by atoms with Gasteiger partial charge in [0.1, 0.15) is 17.8 Å². The molecule has 0 unspecified atom stereocenters. The third-order valence-electron chi connectivity index (χ3n) is 4.44. The summed E-state index contributed by atoms with van der Waals surface area (Å²) in [5.41, 5.74) is 2.95. The van der Waals surface area contributed by atoms with Crippen molar-refractivity contribution in [1.82, 2.24) is 14.6 Å². The van der Waals surface area contributed by atoms with Crippen molar-refractivity contribution in [2.24, 2.45) is 0 Å². The second-order valence-electron chi connectivity index (χ2n) is 6.20.